The number of hydrogen-bond acceptors (Lipinski definition) is 2. The number of carbonyl (C=O) groups excluding carboxylic acids is 1. The fraction of sp³-hybridized carbons (Fsp3) is 0.278. The molecule has 1 atom stereocenters. The summed E-state index contributed by atoms with van der Waals surface area (Å²) in [5, 5.41) is 6.18. The third-order valence-corrected chi connectivity index (χ3v) is 3.56. The van der Waals surface area contributed by atoms with Crippen LogP contribution in [0, 0.1) is 6.92 Å². The fourth-order valence-electron chi connectivity index (χ4n) is 2.29. The first-order chi connectivity index (χ1) is 10.2. The first kappa shape index (κ1) is 15.3. The molecule has 0 radical (unpaired) electrons. The number of rotatable bonds is 6. The molecule has 3 heteroatoms. The maximum atomic E-state index is 11.9. The summed E-state index contributed by atoms with van der Waals surface area (Å²) in [5.41, 5.74) is 3.58. The van der Waals surface area contributed by atoms with Gasteiger partial charge in [-0.1, -0.05) is 54.6 Å². The standard InChI is InChI=1S/C18H22N2O/c1-14-8-6-7-11-17(14)15(2)19-13-18(21)20-12-16-9-4-3-5-10-16/h3-11,15,19H,12-13H2,1-2H3,(H,20,21)/t15-/m1/s1. The van der Waals surface area contributed by atoms with Gasteiger partial charge in [0.2, 0.25) is 5.91 Å². The van der Waals surface area contributed by atoms with Crippen LogP contribution in [0.25, 0.3) is 0 Å². The Bertz CT molecular complexity index is 581. The lowest BCUT2D eigenvalue weighted by Gasteiger charge is -2.16. The molecule has 21 heavy (non-hydrogen) atoms. The first-order valence-electron chi connectivity index (χ1n) is 7.26. The van der Waals surface area contributed by atoms with Crippen LogP contribution in [-0.4, -0.2) is 12.5 Å². The van der Waals surface area contributed by atoms with E-state index in [-0.39, 0.29) is 11.9 Å². The number of hydrogen-bond donors (Lipinski definition) is 2. The van der Waals surface area contributed by atoms with Crippen molar-refractivity contribution in [3.8, 4) is 0 Å². The largest absolute Gasteiger partial charge is 0.351 e. The number of amides is 1. The minimum Gasteiger partial charge on any atom is -0.351 e. The van der Waals surface area contributed by atoms with Crippen LogP contribution in [0.2, 0.25) is 0 Å². The average Bonchev–Trinajstić information content (AvgIpc) is 2.52. The zero-order valence-electron chi connectivity index (χ0n) is 12.6. The lowest BCUT2D eigenvalue weighted by molar-refractivity contribution is -0.120. The molecule has 0 unspecified atom stereocenters. The molecule has 0 heterocycles. The Labute approximate surface area is 126 Å². The highest BCUT2D eigenvalue weighted by Gasteiger charge is 2.09. The van der Waals surface area contributed by atoms with Crippen LogP contribution in [0.4, 0.5) is 0 Å². The number of nitrogens with one attached hydrogen (secondary N) is 2. The lowest BCUT2D eigenvalue weighted by Crippen LogP contribution is -2.34. The Morgan fingerprint density at radius 3 is 2.43 bits per heavy atom. The van der Waals surface area contributed by atoms with E-state index in [4.69, 9.17) is 0 Å². The summed E-state index contributed by atoms with van der Waals surface area (Å²) in [5.74, 6) is 0.0132. The van der Waals surface area contributed by atoms with Crippen molar-refractivity contribution >= 4 is 5.91 Å². The third-order valence-electron chi connectivity index (χ3n) is 3.56. The van der Waals surface area contributed by atoms with Crippen molar-refractivity contribution in [2.24, 2.45) is 0 Å². The molecule has 0 aromatic heterocycles. The molecule has 2 aromatic carbocycles. The van der Waals surface area contributed by atoms with Crippen LogP contribution < -0.4 is 10.6 Å². The molecule has 0 spiro atoms. The third kappa shape index (κ3) is 4.72. The van der Waals surface area contributed by atoms with Gasteiger partial charge in [-0.2, -0.15) is 0 Å². The lowest BCUT2D eigenvalue weighted by atomic mass is 10.0. The van der Waals surface area contributed by atoms with E-state index in [0.29, 0.717) is 13.1 Å². The molecule has 2 rings (SSSR count). The summed E-state index contributed by atoms with van der Waals surface area (Å²) >= 11 is 0. The van der Waals surface area contributed by atoms with Crippen LogP contribution in [0.15, 0.2) is 54.6 Å². The molecule has 1 amide bonds. The molecule has 0 aliphatic heterocycles. The van der Waals surface area contributed by atoms with Crippen LogP contribution in [0.5, 0.6) is 0 Å². The zero-order chi connectivity index (χ0) is 15.1. The van der Waals surface area contributed by atoms with Gasteiger partial charge in [0, 0.05) is 12.6 Å². The molecule has 2 aromatic rings. The summed E-state index contributed by atoms with van der Waals surface area (Å²) in [6.07, 6.45) is 0. The van der Waals surface area contributed by atoms with E-state index in [0.717, 1.165) is 5.56 Å². The molecular formula is C18H22N2O. The zero-order valence-corrected chi connectivity index (χ0v) is 12.6. The summed E-state index contributed by atoms with van der Waals surface area (Å²) in [4.78, 5) is 11.9. The molecule has 0 fully saturated rings. The highest BCUT2D eigenvalue weighted by molar-refractivity contribution is 5.78. The topological polar surface area (TPSA) is 41.1 Å². The maximum absolute atomic E-state index is 11.9. The minimum atomic E-state index is 0.0132. The summed E-state index contributed by atoms with van der Waals surface area (Å²) in [7, 11) is 0. The van der Waals surface area contributed by atoms with Gasteiger partial charge in [-0.05, 0) is 30.5 Å². The van der Waals surface area contributed by atoms with Crippen LogP contribution in [-0.2, 0) is 11.3 Å². The van der Waals surface area contributed by atoms with Gasteiger partial charge in [-0.15, -0.1) is 0 Å². The van der Waals surface area contributed by atoms with E-state index in [1.54, 1.807) is 0 Å². The van der Waals surface area contributed by atoms with Gasteiger partial charge in [-0.25, -0.2) is 0 Å². The summed E-state index contributed by atoms with van der Waals surface area (Å²) in [6, 6.07) is 18.3. The van der Waals surface area contributed by atoms with Crippen LogP contribution in [0.3, 0.4) is 0 Å². The van der Waals surface area contributed by atoms with Gasteiger partial charge < -0.3 is 10.6 Å². The highest BCUT2D eigenvalue weighted by Crippen LogP contribution is 2.16. The first-order valence-corrected chi connectivity index (χ1v) is 7.26. The van der Waals surface area contributed by atoms with Gasteiger partial charge in [0.05, 0.1) is 6.54 Å². The van der Waals surface area contributed by atoms with Gasteiger partial charge in [0.15, 0.2) is 0 Å². The molecule has 2 N–H and O–H groups in total. The van der Waals surface area contributed by atoms with Gasteiger partial charge in [-0.3, -0.25) is 4.79 Å². The van der Waals surface area contributed by atoms with Gasteiger partial charge in [0.25, 0.3) is 0 Å². The van der Waals surface area contributed by atoms with Crippen molar-refractivity contribution in [1.82, 2.24) is 10.6 Å². The average molecular weight is 282 g/mol. The monoisotopic (exact) mass is 282 g/mol. The van der Waals surface area contributed by atoms with Crippen molar-refractivity contribution < 1.29 is 4.79 Å². The van der Waals surface area contributed by atoms with E-state index in [1.165, 1.54) is 11.1 Å². The Morgan fingerprint density at radius 1 is 1.05 bits per heavy atom. The van der Waals surface area contributed by atoms with E-state index in [9.17, 15) is 4.79 Å². The van der Waals surface area contributed by atoms with Crippen LogP contribution in [0.1, 0.15) is 29.7 Å². The predicted octanol–water partition coefficient (Wildman–Crippen LogP) is 2.96. The predicted molar refractivity (Wildman–Crippen MR) is 85.9 cm³/mol. The van der Waals surface area contributed by atoms with Crippen molar-refractivity contribution in [3.05, 3.63) is 71.3 Å². The minimum absolute atomic E-state index is 0.0132. The number of benzene rings is 2. The molecule has 3 nitrogen and oxygen atoms in total. The Morgan fingerprint density at radius 2 is 1.71 bits per heavy atom. The second kappa shape index (κ2) is 7.60. The molecule has 0 aliphatic carbocycles. The molecule has 0 bridgehead atoms. The molecule has 110 valence electrons. The quantitative estimate of drug-likeness (QED) is 0.855. The number of aryl methyl sites for hydroxylation is 1. The van der Waals surface area contributed by atoms with E-state index < -0.39 is 0 Å². The second-order valence-electron chi connectivity index (χ2n) is 5.22. The van der Waals surface area contributed by atoms with E-state index >= 15 is 0 Å². The van der Waals surface area contributed by atoms with Crippen molar-refractivity contribution in [2.45, 2.75) is 26.4 Å². The second-order valence-corrected chi connectivity index (χ2v) is 5.22. The van der Waals surface area contributed by atoms with E-state index in [2.05, 4.69) is 36.6 Å². The molecule has 0 saturated heterocycles. The summed E-state index contributed by atoms with van der Waals surface area (Å²) < 4.78 is 0. The fourth-order valence-corrected chi connectivity index (χ4v) is 2.29. The highest BCUT2D eigenvalue weighted by atomic mass is 16.1. The Balaban J connectivity index is 1.77. The van der Waals surface area contributed by atoms with E-state index in [1.807, 2.05) is 42.5 Å². The molecular weight excluding hydrogens is 260 g/mol. The summed E-state index contributed by atoms with van der Waals surface area (Å²) in [6.45, 7) is 5.05. The maximum Gasteiger partial charge on any atom is 0.234 e. The van der Waals surface area contributed by atoms with Crippen molar-refractivity contribution in [3.63, 3.8) is 0 Å². The normalized spacial score (nSPS) is 11.9. The smallest absolute Gasteiger partial charge is 0.234 e. The van der Waals surface area contributed by atoms with Crippen molar-refractivity contribution in [2.75, 3.05) is 6.54 Å². The Kier molecular flexibility index (Phi) is 5.52. The van der Waals surface area contributed by atoms with Gasteiger partial charge >= 0.3 is 0 Å². The Hall–Kier alpha value is -2.13. The SMILES string of the molecule is Cc1ccccc1[C@@H](C)NCC(=O)NCc1ccccc1. The molecule has 0 aliphatic rings. The van der Waals surface area contributed by atoms with Gasteiger partial charge in [0.1, 0.15) is 0 Å². The van der Waals surface area contributed by atoms with Crippen LogP contribution >= 0.6 is 0 Å². The molecule has 0 saturated carbocycles. The van der Waals surface area contributed by atoms with Crippen molar-refractivity contribution in [1.29, 1.82) is 0 Å². The number of carbonyl (C=O) groups is 1.